The highest BCUT2D eigenvalue weighted by atomic mass is 19.4. The summed E-state index contributed by atoms with van der Waals surface area (Å²) in [6, 6.07) is 6.94. The van der Waals surface area contributed by atoms with E-state index in [1.165, 1.54) is 0 Å². The maximum absolute atomic E-state index is 12.6. The minimum absolute atomic E-state index is 0.348. The number of halogens is 3. The van der Waals surface area contributed by atoms with Crippen molar-refractivity contribution in [2.24, 2.45) is 11.7 Å². The first kappa shape index (κ1) is 16.3. The first-order valence-corrected chi connectivity index (χ1v) is 6.47. The molecule has 1 atom stereocenters. The lowest BCUT2D eigenvalue weighted by Gasteiger charge is -2.19. The molecule has 1 aromatic rings. The number of alkyl halides is 3. The Hall–Kier alpha value is -1.72. The second kappa shape index (κ2) is 7.17. The van der Waals surface area contributed by atoms with Gasteiger partial charge in [-0.15, -0.1) is 0 Å². The molecule has 0 fully saturated rings. The maximum atomic E-state index is 12.6. The fourth-order valence-electron chi connectivity index (χ4n) is 1.67. The Morgan fingerprint density at radius 3 is 2.35 bits per heavy atom. The Labute approximate surface area is 116 Å². The van der Waals surface area contributed by atoms with Crippen LogP contribution in [0.1, 0.15) is 25.3 Å². The van der Waals surface area contributed by atoms with Crippen LogP contribution >= 0.6 is 0 Å². The third-order valence-electron chi connectivity index (χ3n) is 2.93. The van der Waals surface area contributed by atoms with Crippen molar-refractivity contribution in [1.82, 2.24) is 0 Å². The Balaban J connectivity index is 2.58. The van der Waals surface area contributed by atoms with Gasteiger partial charge in [0.1, 0.15) is 24.1 Å². The van der Waals surface area contributed by atoms with Gasteiger partial charge in [-0.1, -0.05) is 25.5 Å². The predicted octanol–water partition coefficient (Wildman–Crippen LogP) is 3.52. The number of amidine groups is 1. The van der Waals surface area contributed by atoms with Crippen molar-refractivity contribution in [2.45, 2.75) is 32.4 Å². The number of aryl methyl sites for hydroxylation is 1. The molecule has 0 amide bonds. The van der Waals surface area contributed by atoms with Crippen LogP contribution in [-0.4, -0.2) is 18.6 Å². The van der Waals surface area contributed by atoms with Gasteiger partial charge in [-0.05, 0) is 30.5 Å². The van der Waals surface area contributed by atoms with Crippen LogP contribution in [0.15, 0.2) is 24.3 Å². The van der Waals surface area contributed by atoms with Gasteiger partial charge in [-0.25, -0.2) is 0 Å². The fraction of sp³-hybridized carbons (Fsp3) is 0.500. The lowest BCUT2D eigenvalue weighted by molar-refractivity contribution is -0.162. The molecule has 1 aromatic carbocycles. The molecule has 1 rings (SSSR count). The summed E-state index contributed by atoms with van der Waals surface area (Å²) in [5, 5.41) is 6.96. The summed E-state index contributed by atoms with van der Waals surface area (Å²) in [7, 11) is 0. The van der Waals surface area contributed by atoms with Crippen molar-refractivity contribution in [3.05, 3.63) is 29.8 Å². The molecule has 3 N–H and O–H groups in total. The molecule has 0 bridgehead atoms. The zero-order valence-electron chi connectivity index (χ0n) is 11.3. The number of nitrogens with two attached hydrogens (primary N) is 1. The molecular weight excluding hydrogens is 269 g/mol. The molecule has 0 saturated carbocycles. The normalized spacial score (nSPS) is 13.0. The van der Waals surface area contributed by atoms with Crippen molar-refractivity contribution in [1.29, 1.82) is 5.41 Å². The van der Waals surface area contributed by atoms with E-state index in [0.29, 0.717) is 5.75 Å². The van der Waals surface area contributed by atoms with Gasteiger partial charge in [0.05, 0.1) is 0 Å². The first-order chi connectivity index (χ1) is 9.34. The largest absolute Gasteiger partial charge is 0.492 e. The molecular formula is C14H19F3N2O. The monoisotopic (exact) mass is 288 g/mol. The zero-order chi connectivity index (χ0) is 15.2. The Bertz CT molecular complexity index is 429. The molecule has 1 unspecified atom stereocenters. The summed E-state index contributed by atoms with van der Waals surface area (Å²) < 4.78 is 42.8. The molecule has 0 aromatic heterocycles. The van der Waals surface area contributed by atoms with Gasteiger partial charge in [0.2, 0.25) is 0 Å². The van der Waals surface area contributed by atoms with Crippen molar-refractivity contribution in [2.75, 3.05) is 6.61 Å². The second-order valence-electron chi connectivity index (χ2n) is 4.61. The highest BCUT2D eigenvalue weighted by Crippen LogP contribution is 2.27. The van der Waals surface area contributed by atoms with Crippen LogP contribution in [0.3, 0.4) is 0 Å². The van der Waals surface area contributed by atoms with Gasteiger partial charge in [-0.3, -0.25) is 5.41 Å². The van der Waals surface area contributed by atoms with Crippen LogP contribution in [0.25, 0.3) is 0 Å². The van der Waals surface area contributed by atoms with E-state index >= 15 is 0 Å². The van der Waals surface area contributed by atoms with E-state index in [2.05, 4.69) is 6.92 Å². The van der Waals surface area contributed by atoms with Gasteiger partial charge in [0.25, 0.3) is 0 Å². The van der Waals surface area contributed by atoms with Crippen LogP contribution in [-0.2, 0) is 6.42 Å². The number of rotatable bonds is 7. The minimum Gasteiger partial charge on any atom is -0.492 e. The van der Waals surface area contributed by atoms with Gasteiger partial charge in [-0.2, -0.15) is 13.2 Å². The molecule has 0 heterocycles. The first-order valence-electron chi connectivity index (χ1n) is 6.47. The number of hydrogen-bond donors (Lipinski definition) is 2. The van der Waals surface area contributed by atoms with Crippen LogP contribution in [0.4, 0.5) is 13.2 Å². The second-order valence-corrected chi connectivity index (χ2v) is 4.61. The third-order valence-corrected chi connectivity index (χ3v) is 2.93. The Kier molecular flexibility index (Phi) is 5.85. The highest BCUT2D eigenvalue weighted by Gasteiger charge is 2.42. The summed E-state index contributed by atoms with van der Waals surface area (Å²) in [6.45, 7) is 1.42. The maximum Gasteiger partial charge on any atom is 0.401 e. The molecule has 3 nitrogen and oxygen atoms in total. The summed E-state index contributed by atoms with van der Waals surface area (Å²) in [6.07, 6.45) is -1.47. The van der Waals surface area contributed by atoms with Gasteiger partial charge in [0.15, 0.2) is 0 Å². The molecule has 20 heavy (non-hydrogen) atoms. The van der Waals surface area contributed by atoms with Crippen molar-refractivity contribution < 1.29 is 17.9 Å². The average molecular weight is 288 g/mol. The van der Waals surface area contributed by atoms with Crippen LogP contribution in [0, 0.1) is 11.3 Å². The van der Waals surface area contributed by atoms with Crippen LogP contribution in [0.2, 0.25) is 0 Å². The van der Waals surface area contributed by atoms with E-state index in [0.717, 1.165) is 24.8 Å². The van der Waals surface area contributed by atoms with Crippen molar-refractivity contribution in [3.8, 4) is 5.75 Å². The van der Waals surface area contributed by atoms with E-state index in [1.807, 2.05) is 12.1 Å². The standard InChI is InChI=1S/C14H19F3N2O/c1-2-3-4-10-5-7-11(8-6-10)20-9-12(13(18)19)14(15,16)17/h5-8,12H,2-4,9H2,1H3,(H3,18,19). The van der Waals surface area contributed by atoms with E-state index in [-0.39, 0.29) is 0 Å². The lowest BCUT2D eigenvalue weighted by atomic mass is 10.1. The average Bonchev–Trinajstić information content (AvgIpc) is 2.36. The Morgan fingerprint density at radius 1 is 1.30 bits per heavy atom. The number of ether oxygens (including phenoxy) is 1. The zero-order valence-corrected chi connectivity index (χ0v) is 11.3. The number of unbranched alkanes of at least 4 members (excludes halogenated alkanes) is 1. The topological polar surface area (TPSA) is 59.1 Å². The molecule has 0 aliphatic rings. The van der Waals surface area contributed by atoms with Crippen LogP contribution in [0.5, 0.6) is 5.75 Å². The summed E-state index contributed by atoms with van der Waals surface area (Å²) >= 11 is 0. The SMILES string of the molecule is CCCCc1ccc(OCC(C(=N)N)C(F)(F)F)cc1. The van der Waals surface area contributed by atoms with E-state index < -0.39 is 24.5 Å². The molecule has 0 aliphatic carbocycles. The van der Waals surface area contributed by atoms with Gasteiger partial charge < -0.3 is 10.5 Å². The molecule has 0 aliphatic heterocycles. The fourth-order valence-corrected chi connectivity index (χ4v) is 1.67. The molecule has 0 spiro atoms. The van der Waals surface area contributed by atoms with Crippen molar-refractivity contribution >= 4 is 5.84 Å². The number of nitrogens with one attached hydrogen (secondary N) is 1. The Morgan fingerprint density at radius 2 is 1.90 bits per heavy atom. The molecule has 112 valence electrons. The molecule has 0 radical (unpaired) electrons. The smallest absolute Gasteiger partial charge is 0.401 e. The molecule has 0 saturated heterocycles. The van der Waals surface area contributed by atoms with Gasteiger partial charge in [0, 0.05) is 0 Å². The van der Waals surface area contributed by atoms with E-state index in [9.17, 15) is 13.2 Å². The highest BCUT2D eigenvalue weighted by molar-refractivity contribution is 5.80. The quantitative estimate of drug-likeness (QED) is 0.595. The summed E-state index contributed by atoms with van der Waals surface area (Å²) in [5.41, 5.74) is 6.07. The summed E-state index contributed by atoms with van der Waals surface area (Å²) in [4.78, 5) is 0. The lowest BCUT2D eigenvalue weighted by Crippen LogP contribution is -2.39. The van der Waals surface area contributed by atoms with E-state index in [1.54, 1.807) is 12.1 Å². The minimum atomic E-state index is -4.56. The van der Waals surface area contributed by atoms with E-state index in [4.69, 9.17) is 15.9 Å². The summed E-state index contributed by atoms with van der Waals surface area (Å²) in [5.74, 6) is -2.65. The number of benzene rings is 1. The van der Waals surface area contributed by atoms with Crippen LogP contribution < -0.4 is 10.5 Å². The van der Waals surface area contributed by atoms with Gasteiger partial charge >= 0.3 is 6.18 Å². The third kappa shape index (κ3) is 5.11. The molecule has 6 heteroatoms. The number of hydrogen-bond acceptors (Lipinski definition) is 2. The van der Waals surface area contributed by atoms with Crippen molar-refractivity contribution in [3.63, 3.8) is 0 Å². The predicted molar refractivity (Wildman–Crippen MR) is 72.0 cm³/mol.